The second kappa shape index (κ2) is 8.93. The maximum atomic E-state index is 9.18. The summed E-state index contributed by atoms with van der Waals surface area (Å²) >= 11 is 0. The van der Waals surface area contributed by atoms with Crippen molar-refractivity contribution in [1.82, 2.24) is 14.7 Å². The fraction of sp³-hybridized carbons (Fsp3) is 1.00. The Bertz CT molecular complexity index is 144. The number of likely N-dealkylation sites (N-methyl/N-ethyl adjacent to an activating group) is 3. The third-order valence-corrected chi connectivity index (χ3v) is 2.72. The number of rotatable bonds is 9. The van der Waals surface area contributed by atoms with E-state index in [1.54, 1.807) is 0 Å². The van der Waals surface area contributed by atoms with Gasteiger partial charge in [0.1, 0.15) is 0 Å². The van der Waals surface area contributed by atoms with Gasteiger partial charge in [-0.2, -0.15) is 0 Å². The number of nitrogens with zero attached hydrogens (tertiary/aromatic N) is 3. The van der Waals surface area contributed by atoms with Crippen molar-refractivity contribution in [3.63, 3.8) is 0 Å². The highest BCUT2D eigenvalue weighted by Crippen LogP contribution is 1.94. The highest BCUT2D eigenvalue weighted by atomic mass is 16.3. The lowest BCUT2D eigenvalue weighted by Gasteiger charge is -2.23. The second-order valence-electron chi connectivity index (χ2n) is 5.05. The molecule has 1 unspecified atom stereocenters. The van der Waals surface area contributed by atoms with Gasteiger partial charge in [-0.1, -0.05) is 0 Å². The van der Waals surface area contributed by atoms with E-state index in [4.69, 9.17) is 0 Å². The van der Waals surface area contributed by atoms with Gasteiger partial charge in [0.15, 0.2) is 0 Å². The van der Waals surface area contributed by atoms with Crippen molar-refractivity contribution in [1.29, 1.82) is 0 Å². The summed E-state index contributed by atoms with van der Waals surface area (Å²) in [5.74, 6) is 0. The molecule has 0 aliphatic carbocycles. The van der Waals surface area contributed by atoms with Crippen LogP contribution < -0.4 is 0 Å². The minimum absolute atomic E-state index is 0.186. The zero-order chi connectivity index (χ0) is 12.6. The molecular formula is C12H29N3O. The summed E-state index contributed by atoms with van der Waals surface area (Å²) in [4.78, 5) is 6.82. The van der Waals surface area contributed by atoms with Crippen LogP contribution in [0, 0.1) is 0 Å². The molecule has 4 nitrogen and oxygen atoms in total. The molecule has 1 atom stereocenters. The van der Waals surface area contributed by atoms with Crippen molar-refractivity contribution in [3.8, 4) is 0 Å². The van der Waals surface area contributed by atoms with E-state index in [1.165, 1.54) is 0 Å². The molecule has 0 amide bonds. The third-order valence-electron chi connectivity index (χ3n) is 2.72. The summed E-state index contributed by atoms with van der Waals surface area (Å²) in [5.41, 5.74) is 0. The molecule has 0 aromatic heterocycles. The Morgan fingerprint density at radius 3 is 1.69 bits per heavy atom. The lowest BCUT2D eigenvalue weighted by atomic mass is 10.3. The average Bonchev–Trinajstić information content (AvgIpc) is 2.20. The van der Waals surface area contributed by atoms with Gasteiger partial charge < -0.3 is 19.8 Å². The van der Waals surface area contributed by atoms with Crippen molar-refractivity contribution in [2.24, 2.45) is 0 Å². The van der Waals surface area contributed by atoms with Crippen LogP contribution in [0.2, 0.25) is 0 Å². The van der Waals surface area contributed by atoms with Crippen LogP contribution in [0.1, 0.15) is 13.3 Å². The smallest absolute Gasteiger partial charge is 0.0524 e. The Morgan fingerprint density at radius 2 is 1.25 bits per heavy atom. The van der Waals surface area contributed by atoms with E-state index in [0.29, 0.717) is 0 Å². The molecule has 4 heteroatoms. The molecule has 16 heavy (non-hydrogen) atoms. The maximum absolute atomic E-state index is 9.18. The van der Waals surface area contributed by atoms with E-state index < -0.39 is 0 Å². The van der Waals surface area contributed by atoms with Crippen LogP contribution in [0.3, 0.4) is 0 Å². The summed E-state index contributed by atoms with van der Waals surface area (Å²) < 4.78 is 0. The van der Waals surface area contributed by atoms with Crippen molar-refractivity contribution >= 4 is 0 Å². The molecule has 1 N–H and O–H groups in total. The molecule has 0 saturated heterocycles. The molecule has 98 valence electrons. The number of hydrogen-bond donors (Lipinski definition) is 1. The van der Waals surface area contributed by atoms with E-state index in [1.807, 2.05) is 6.92 Å². The fourth-order valence-electron chi connectivity index (χ4n) is 1.34. The molecule has 0 rings (SSSR count). The quantitative estimate of drug-likeness (QED) is 0.613. The highest BCUT2D eigenvalue weighted by molar-refractivity contribution is 4.60. The molecule has 0 fully saturated rings. The van der Waals surface area contributed by atoms with Crippen LogP contribution >= 0.6 is 0 Å². The SMILES string of the molecule is CC(O)CCN(C)CCN(C)CCN(C)C. The summed E-state index contributed by atoms with van der Waals surface area (Å²) in [5, 5.41) is 9.18. The first-order chi connectivity index (χ1) is 7.41. The molecule has 0 radical (unpaired) electrons. The lowest BCUT2D eigenvalue weighted by molar-refractivity contribution is 0.159. The van der Waals surface area contributed by atoms with Crippen molar-refractivity contribution < 1.29 is 5.11 Å². The van der Waals surface area contributed by atoms with E-state index in [2.05, 4.69) is 42.9 Å². The minimum atomic E-state index is -0.186. The Labute approximate surface area is 101 Å². The van der Waals surface area contributed by atoms with Crippen LogP contribution in [-0.4, -0.2) is 86.8 Å². The first-order valence-corrected chi connectivity index (χ1v) is 6.11. The van der Waals surface area contributed by atoms with Gasteiger partial charge in [0.05, 0.1) is 6.10 Å². The Morgan fingerprint density at radius 1 is 0.812 bits per heavy atom. The third kappa shape index (κ3) is 10.4. The lowest BCUT2D eigenvalue weighted by Crippen LogP contribution is -2.35. The van der Waals surface area contributed by atoms with Gasteiger partial charge in [0, 0.05) is 32.7 Å². The summed E-state index contributed by atoms with van der Waals surface area (Å²) in [6.07, 6.45) is 0.673. The minimum Gasteiger partial charge on any atom is -0.393 e. The Hall–Kier alpha value is -0.160. The van der Waals surface area contributed by atoms with Crippen LogP contribution in [0.4, 0.5) is 0 Å². The number of hydrogen-bond acceptors (Lipinski definition) is 4. The fourth-order valence-corrected chi connectivity index (χ4v) is 1.34. The second-order valence-corrected chi connectivity index (χ2v) is 5.05. The molecule has 0 aliphatic rings. The van der Waals surface area contributed by atoms with Gasteiger partial charge in [-0.3, -0.25) is 0 Å². The van der Waals surface area contributed by atoms with E-state index >= 15 is 0 Å². The summed E-state index contributed by atoms with van der Waals surface area (Å²) in [6, 6.07) is 0. The largest absolute Gasteiger partial charge is 0.393 e. The maximum Gasteiger partial charge on any atom is 0.0524 e. The van der Waals surface area contributed by atoms with Gasteiger partial charge in [-0.15, -0.1) is 0 Å². The Balaban J connectivity index is 3.47. The molecule has 0 heterocycles. The summed E-state index contributed by atoms with van der Waals surface area (Å²) in [7, 11) is 8.47. The molecule has 0 bridgehead atoms. The molecule has 0 aliphatic heterocycles. The topological polar surface area (TPSA) is 30.0 Å². The van der Waals surface area contributed by atoms with E-state index in [-0.39, 0.29) is 6.10 Å². The van der Waals surface area contributed by atoms with Crippen LogP contribution in [0.5, 0.6) is 0 Å². The predicted octanol–water partition coefficient (Wildman–Crippen LogP) is 0.183. The molecule has 0 aromatic carbocycles. The van der Waals surface area contributed by atoms with Crippen LogP contribution in [-0.2, 0) is 0 Å². The van der Waals surface area contributed by atoms with Crippen LogP contribution in [0.25, 0.3) is 0 Å². The first kappa shape index (κ1) is 15.8. The molecule has 0 saturated carbocycles. The van der Waals surface area contributed by atoms with Gasteiger partial charge in [-0.05, 0) is 41.5 Å². The Kier molecular flexibility index (Phi) is 8.84. The van der Waals surface area contributed by atoms with Crippen LogP contribution in [0.15, 0.2) is 0 Å². The summed E-state index contributed by atoms with van der Waals surface area (Å²) in [6.45, 7) is 7.18. The van der Waals surface area contributed by atoms with Gasteiger partial charge in [0.2, 0.25) is 0 Å². The normalized spacial score (nSPS) is 14.1. The zero-order valence-corrected chi connectivity index (χ0v) is 11.6. The van der Waals surface area contributed by atoms with E-state index in [0.717, 1.165) is 39.1 Å². The van der Waals surface area contributed by atoms with Gasteiger partial charge in [-0.25, -0.2) is 0 Å². The zero-order valence-electron chi connectivity index (χ0n) is 11.6. The highest BCUT2D eigenvalue weighted by Gasteiger charge is 2.04. The standard InChI is InChI=1S/C12H29N3O/c1-12(16)6-7-14(4)10-11-15(5)9-8-13(2)3/h12,16H,6-11H2,1-5H3. The predicted molar refractivity (Wildman–Crippen MR) is 69.8 cm³/mol. The van der Waals surface area contributed by atoms with E-state index in [9.17, 15) is 5.11 Å². The van der Waals surface area contributed by atoms with Crippen molar-refractivity contribution in [3.05, 3.63) is 0 Å². The molecular weight excluding hydrogens is 202 g/mol. The van der Waals surface area contributed by atoms with Gasteiger partial charge in [0.25, 0.3) is 0 Å². The van der Waals surface area contributed by atoms with Crippen molar-refractivity contribution in [2.45, 2.75) is 19.4 Å². The molecule has 0 spiro atoms. The number of aliphatic hydroxyl groups is 1. The monoisotopic (exact) mass is 231 g/mol. The first-order valence-electron chi connectivity index (χ1n) is 6.11. The van der Waals surface area contributed by atoms with Crippen molar-refractivity contribution in [2.75, 3.05) is 60.9 Å². The average molecular weight is 231 g/mol. The number of aliphatic hydroxyl groups excluding tert-OH is 1. The van der Waals surface area contributed by atoms with Gasteiger partial charge >= 0.3 is 0 Å². The molecule has 0 aromatic rings.